The molecule has 0 heterocycles. The average Bonchev–Trinajstić information content (AvgIpc) is 2.62. The fourth-order valence-corrected chi connectivity index (χ4v) is 3.44. The lowest BCUT2D eigenvalue weighted by Gasteiger charge is -2.22. The van der Waals surface area contributed by atoms with Crippen molar-refractivity contribution >= 4 is 14.5 Å². The van der Waals surface area contributed by atoms with Crippen LogP contribution in [0.25, 0.3) is 0 Å². The largest absolute Gasteiger partial charge is 0.490 e. The second-order valence-corrected chi connectivity index (χ2v) is 9.11. The van der Waals surface area contributed by atoms with Crippen molar-refractivity contribution in [3.05, 3.63) is 30.3 Å². The molecule has 0 saturated heterocycles. The van der Waals surface area contributed by atoms with Gasteiger partial charge in [0.25, 0.3) is 0 Å². The zero-order chi connectivity index (χ0) is 17.7. The van der Waals surface area contributed by atoms with Gasteiger partial charge in [0.05, 0.1) is 6.42 Å². The monoisotopic (exact) mass is 355 g/mol. The van der Waals surface area contributed by atoms with E-state index >= 15 is 0 Å². The van der Waals surface area contributed by atoms with Crippen molar-refractivity contribution in [1.29, 1.82) is 0 Å². The third-order valence-electron chi connectivity index (χ3n) is 3.71. The minimum atomic E-state index is -1.97. The minimum absolute atomic E-state index is 0.216. The second-order valence-electron chi connectivity index (χ2n) is 5.53. The van der Waals surface area contributed by atoms with Crippen LogP contribution in [0.5, 0.6) is 5.75 Å². The Labute approximate surface area is 145 Å². The van der Waals surface area contributed by atoms with E-state index in [1.165, 1.54) is 0 Å². The van der Waals surface area contributed by atoms with E-state index < -0.39 is 8.56 Å². The van der Waals surface area contributed by atoms with Gasteiger partial charge in [0.15, 0.2) is 0 Å². The predicted molar refractivity (Wildman–Crippen MR) is 95.4 cm³/mol. The molecule has 0 aliphatic carbocycles. The molecule has 0 aromatic heterocycles. The molecule has 0 saturated carbocycles. The molecule has 0 spiro atoms. The standard InChI is InChI=1S/C17H29NO5Si/c1-20-24(3,21-2)15-7-11-18-12-10-17(19)23-14-13-22-16-8-5-4-6-9-16/h4-6,8-9,18H,7,10-15H2,1-3H3. The highest BCUT2D eigenvalue weighted by Gasteiger charge is 2.27. The van der Waals surface area contributed by atoms with E-state index in [1.807, 2.05) is 36.9 Å². The van der Waals surface area contributed by atoms with Crippen LogP contribution >= 0.6 is 0 Å². The maximum atomic E-state index is 11.6. The van der Waals surface area contributed by atoms with Crippen LogP contribution < -0.4 is 10.1 Å². The quantitative estimate of drug-likeness (QED) is 0.333. The Morgan fingerprint density at radius 2 is 1.79 bits per heavy atom. The Morgan fingerprint density at radius 3 is 2.46 bits per heavy atom. The molecule has 1 aromatic carbocycles. The van der Waals surface area contributed by atoms with E-state index in [9.17, 15) is 4.79 Å². The number of esters is 1. The van der Waals surface area contributed by atoms with Crippen LogP contribution in [0.3, 0.4) is 0 Å². The van der Waals surface area contributed by atoms with Crippen LogP contribution in [0, 0.1) is 0 Å². The number of hydrogen-bond donors (Lipinski definition) is 1. The van der Waals surface area contributed by atoms with Crippen molar-refractivity contribution in [3.8, 4) is 5.75 Å². The lowest BCUT2D eigenvalue weighted by atomic mass is 10.3. The minimum Gasteiger partial charge on any atom is -0.490 e. The Hall–Kier alpha value is -1.41. The molecule has 0 aliphatic heterocycles. The summed E-state index contributed by atoms with van der Waals surface area (Å²) in [5.74, 6) is 0.560. The molecule has 0 unspecified atom stereocenters. The van der Waals surface area contributed by atoms with Gasteiger partial charge in [0.1, 0.15) is 19.0 Å². The fourth-order valence-electron chi connectivity index (χ4n) is 2.04. The maximum Gasteiger partial charge on any atom is 0.334 e. The number of nitrogens with one attached hydrogen (secondary N) is 1. The summed E-state index contributed by atoms with van der Waals surface area (Å²) in [6.07, 6.45) is 1.32. The first kappa shape index (κ1) is 20.6. The molecule has 0 bridgehead atoms. The van der Waals surface area contributed by atoms with E-state index in [-0.39, 0.29) is 12.6 Å². The average molecular weight is 356 g/mol. The molecule has 24 heavy (non-hydrogen) atoms. The zero-order valence-corrected chi connectivity index (χ0v) is 15.9. The van der Waals surface area contributed by atoms with Gasteiger partial charge in [0.2, 0.25) is 0 Å². The molecule has 6 nitrogen and oxygen atoms in total. The molecule has 0 fully saturated rings. The topological polar surface area (TPSA) is 66.0 Å². The molecule has 1 rings (SSSR count). The van der Waals surface area contributed by atoms with Gasteiger partial charge >= 0.3 is 14.5 Å². The van der Waals surface area contributed by atoms with Crippen LogP contribution in [0.15, 0.2) is 30.3 Å². The Kier molecular flexibility index (Phi) is 10.3. The van der Waals surface area contributed by atoms with E-state index in [0.29, 0.717) is 19.6 Å². The highest BCUT2D eigenvalue weighted by molar-refractivity contribution is 6.65. The van der Waals surface area contributed by atoms with Gasteiger partial charge in [-0.2, -0.15) is 0 Å². The Balaban J connectivity index is 1.96. The fraction of sp³-hybridized carbons (Fsp3) is 0.588. The summed E-state index contributed by atoms with van der Waals surface area (Å²) in [5, 5.41) is 3.23. The van der Waals surface area contributed by atoms with Crippen molar-refractivity contribution in [3.63, 3.8) is 0 Å². The van der Waals surface area contributed by atoms with Gasteiger partial charge in [-0.3, -0.25) is 4.79 Å². The van der Waals surface area contributed by atoms with Crippen LogP contribution in [0.1, 0.15) is 12.8 Å². The summed E-state index contributed by atoms with van der Waals surface area (Å²) in [5.41, 5.74) is 0. The summed E-state index contributed by atoms with van der Waals surface area (Å²) >= 11 is 0. The number of hydrogen-bond acceptors (Lipinski definition) is 6. The lowest BCUT2D eigenvalue weighted by Crippen LogP contribution is -2.36. The number of benzene rings is 1. The Bertz CT molecular complexity index is 454. The van der Waals surface area contributed by atoms with Gasteiger partial charge in [-0.05, 0) is 37.7 Å². The summed E-state index contributed by atoms with van der Waals surface area (Å²) in [4.78, 5) is 11.6. The molecular formula is C17H29NO5Si. The molecule has 0 aliphatic rings. The maximum absolute atomic E-state index is 11.6. The van der Waals surface area contributed by atoms with Crippen LogP contribution in [-0.4, -0.2) is 55.1 Å². The first-order valence-corrected chi connectivity index (χ1v) is 10.8. The number of para-hydroxylation sites is 1. The summed E-state index contributed by atoms with van der Waals surface area (Å²) in [6, 6.07) is 10.4. The molecule has 0 atom stereocenters. The zero-order valence-electron chi connectivity index (χ0n) is 14.9. The molecular weight excluding hydrogens is 326 g/mol. The highest BCUT2D eigenvalue weighted by Crippen LogP contribution is 2.12. The molecule has 7 heteroatoms. The third-order valence-corrected chi connectivity index (χ3v) is 6.70. The summed E-state index contributed by atoms with van der Waals surface area (Å²) in [6.45, 7) is 4.11. The normalized spacial score (nSPS) is 11.3. The van der Waals surface area contributed by atoms with Gasteiger partial charge in [-0.25, -0.2) is 0 Å². The van der Waals surface area contributed by atoms with Gasteiger partial charge in [-0.1, -0.05) is 18.2 Å². The number of rotatable bonds is 13. The van der Waals surface area contributed by atoms with E-state index in [2.05, 4.69) is 5.32 Å². The summed E-state index contributed by atoms with van der Waals surface area (Å²) < 4.78 is 21.4. The smallest absolute Gasteiger partial charge is 0.334 e. The summed E-state index contributed by atoms with van der Waals surface area (Å²) in [7, 11) is 1.42. The van der Waals surface area contributed by atoms with Crippen molar-refractivity contribution in [2.24, 2.45) is 0 Å². The van der Waals surface area contributed by atoms with Crippen molar-refractivity contribution in [1.82, 2.24) is 5.32 Å². The molecule has 1 aromatic rings. The predicted octanol–water partition coefficient (Wildman–Crippen LogP) is 2.34. The van der Waals surface area contributed by atoms with Crippen molar-refractivity contribution < 1.29 is 23.1 Å². The second kappa shape index (κ2) is 12.0. The number of carbonyl (C=O) groups is 1. The van der Waals surface area contributed by atoms with Crippen LogP contribution in [0.4, 0.5) is 0 Å². The van der Waals surface area contributed by atoms with Gasteiger partial charge < -0.3 is 23.6 Å². The highest BCUT2D eigenvalue weighted by atomic mass is 28.4. The Morgan fingerprint density at radius 1 is 1.08 bits per heavy atom. The van der Waals surface area contributed by atoms with Gasteiger partial charge in [0, 0.05) is 20.8 Å². The van der Waals surface area contributed by atoms with Crippen molar-refractivity contribution in [2.45, 2.75) is 25.4 Å². The van der Waals surface area contributed by atoms with E-state index in [4.69, 9.17) is 18.3 Å². The first-order valence-electron chi connectivity index (χ1n) is 8.24. The molecule has 0 amide bonds. The molecule has 1 N–H and O–H groups in total. The number of carbonyl (C=O) groups excluding carboxylic acids is 1. The van der Waals surface area contributed by atoms with Crippen LogP contribution in [0.2, 0.25) is 12.6 Å². The van der Waals surface area contributed by atoms with Gasteiger partial charge in [-0.15, -0.1) is 0 Å². The van der Waals surface area contributed by atoms with Crippen LogP contribution in [-0.2, 0) is 18.4 Å². The SMILES string of the molecule is CO[Si](C)(CCCNCCC(=O)OCCOc1ccccc1)OC. The molecule has 0 radical (unpaired) electrons. The number of ether oxygens (including phenoxy) is 2. The van der Waals surface area contributed by atoms with E-state index in [1.54, 1.807) is 14.2 Å². The first-order chi connectivity index (χ1) is 11.6. The lowest BCUT2D eigenvalue weighted by molar-refractivity contribution is -0.144. The molecule has 136 valence electrons. The van der Waals surface area contributed by atoms with Crippen molar-refractivity contribution in [2.75, 3.05) is 40.5 Å². The third kappa shape index (κ3) is 9.02. The van der Waals surface area contributed by atoms with E-state index in [0.717, 1.165) is 24.8 Å².